The Labute approximate surface area is 136 Å². The highest BCUT2D eigenvalue weighted by molar-refractivity contribution is 5.93. The van der Waals surface area contributed by atoms with Crippen LogP contribution in [0.2, 0.25) is 0 Å². The Balaban J connectivity index is 1.67. The Morgan fingerprint density at radius 3 is 2.78 bits per heavy atom. The molecule has 2 heterocycles. The second kappa shape index (κ2) is 6.24. The molecule has 1 aromatic heterocycles. The molecular formula is C17H26N2O4. The molecule has 6 heteroatoms. The Kier molecular flexibility index (Phi) is 4.47. The lowest BCUT2D eigenvalue weighted by atomic mass is 9.58. The van der Waals surface area contributed by atoms with Gasteiger partial charge in [-0.1, -0.05) is 13.8 Å². The second-order valence-corrected chi connectivity index (χ2v) is 6.94. The Morgan fingerprint density at radius 2 is 2.22 bits per heavy atom. The topological polar surface area (TPSA) is 75.8 Å². The van der Waals surface area contributed by atoms with Gasteiger partial charge in [0.25, 0.3) is 5.91 Å². The maximum Gasteiger partial charge on any atom is 0.276 e. The molecule has 1 amide bonds. The number of aliphatic hydroxyl groups excluding tert-OH is 1. The molecule has 2 fully saturated rings. The summed E-state index contributed by atoms with van der Waals surface area (Å²) < 4.78 is 11.1. The molecule has 0 radical (unpaired) electrons. The zero-order valence-electron chi connectivity index (χ0n) is 14.1. The van der Waals surface area contributed by atoms with Crippen molar-refractivity contribution in [3.63, 3.8) is 0 Å². The Bertz CT molecular complexity index is 559. The quantitative estimate of drug-likeness (QED) is 0.919. The lowest BCUT2D eigenvalue weighted by Gasteiger charge is -2.56. The standard InChI is InChI=1S/C17H26N2O4/c1-4-22-13-9-12(20)17(13)5-7-19(8-6-17)16(21)14-15(11(2)3)23-10-18-14/h10-13,20H,4-9H2,1-3H3/t12-,13+/m0/s1. The highest BCUT2D eigenvalue weighted by atomic mass is 16.5. The molecule has 0 bridgehead atoms. The normalized spacial score (nSPS) is 26.6. The van der Waals surface area contributed by atoms with Crippen LogP contribution in [0, 0.1) is 5.41 Å². The van der Waals surface area contributed by atoms with E-state index in [2.05, 4.69) is 4.98 Å². The van der Waals surface area contributed by atoms with Crippen molar-refractivity contribution in [2.24, 2.45) is 5.41 Å². The smallest absolute Gasteiger partial charge is 0.276 e. The number of amides is 1. The van der Waals surface area contributed by atoms with Gasteiger partial charge in [0.15, 0.2) is 12.1 Å². The highest BCUT2D eigenvalue weighted by Crippen LogP contribution is 2.51. The number of rotatable bonds is 4. The number of oxazole rings is 1. The van der Waals surface area contributed by atoms with E-state index in [9.17, 15) is 9.90 Å². The number of ether oxygens (including phenoxy) is 1. The van der Waals surface area contributed by atoms with Crippen LogP contribution in [0.5, 0.6) is 0 Å². The summed E-state index contributed by atoms with van der Waals surface area (Å²) in [5.74, 6) is 0.702. The number of aliphatic hydroxyl groups is 1. The molecule has 1 spiro atoms. The fraction of sp³-hybridized carbons (Fsp3) is 0.765. The monoisotopic (exact) mass is 322 g/mol. The first-order valence-corrected chi connectivity index (χ1v) is 8.52. The predicted molar refractivity (Wildman–Crippen MR) is 84.2 cm³/mol. The van der Waals surface area contributed by atoms with E-state index in [1.54, 1.807) is 0 Å². The molecule has 23 heavy (non-hydrogen) atoms. The minimum absolute atomic E-state index is 0.0703. The average molecular weight is 322 g/mol. The first-order chi connectivity index (χ1) is 11.0. The summed E-state index contributed by atoms with van der Waals surface area (Å²) in [6, 6.07) is 0. The third kappa shape index (κ3) is 2.68. The maximum atomic E-state index is 12.7. The average Bonchev–Trinajstić information content (AvgIpc) is 3.04. The van der Waals surface area contributed by atoms with Crippen molar-refractivity contribution in [3.05, 3.63) is 17.8 Å². The van der Waals surface area contributed by atoms with Crippen LogP contribution in [0.1, 0.15) is 62.2 Å². The largest absolute Gasteiger partial charge is 0.447 e. The zero-order valence-corrected chi connectivity index (χ0v) is 14.1. The molecule has 1 saturated carbocycles. The van der Waals surface area contributed by atoms with Crippen LogP contribution in [0.25, 0.3) is 0 Å². The van der Waals surface area contributed by atoms with Crippen LogP contribution in [0.15, 0.2) is 10.8 Å². The summed E-state index contributed by atoms with van der Waals surface area (Å²) in [5, 5.41) is 10.2. The molecule has 1 aliphatic carbocycles. The SMILES string of the molecule is CCO[C@@H]1C[C@H](O)C12CCN(C(=O)c1ncoc1C(C)C)CC2. The minimum atomic E-state index is -0.311. The van der Waals surface area contributed by atoms with E-state index in [0.717, 1.165) is 12.8 Å². The van der Waals surface area contributed by atoms with Crippen molar-refractivity contribution < 1.29 is 19.1 Å². The van der Waals surface area contributed by atoms with E-state index >= 15 is 0 Å². The van der Waals surface area contributed by atoms with Gasteiger partial charge in [-0.3, -0.25) is 4.79 Å². The van der Waals surface area contributed by atoms with Crippen LogP contribution >= 0.6 is 0 Å². The lowest BCUT2D eigenvalue weighted by molar-refractivity contribution is -0.207. The molecule has 1 aromatic rings. The summed E-state index contributed by atoms with van der Waals surface area (Å²) in [4.78, 5) is 18.6. The summed E-state index contributed by atoms with van der Waals surface area (Å²) in [6.45, 7) is 7.88. The van der Waals surface area contributed by atoms with Crippen molar-refractivity contribution in [3.8, 4) is 0 Å². The number of hydrogen-bond acceptors (Lipinski definition) is 5. The number of likely N-dealkylation sites (tertiary alicyclic amines) is 1. The van der Waals surface area contributed by atoms with E-state index in [1.165, 1.54) is 6.39 Å². The summed E-state index contributed by atoms with van der Waals surface area (Å²) in [7, 11) is 0. The van der Waals surface area contributed by atoms with Gasteiger partial charge < -0.3 is 19.2 Å². The van der Waals surface area contributed by atoms with Gasteiger partial charge in [-0.05, 0) is 19.8 Å². The fourth-order valence-corrected chi connectivity index (χ4v) is 3.92. The van der Waals surface area contributed by atoms with Gasteiger partial charge in [-0.15, -0.1) is 0 Å². The van der Waals surface area contributed by atoms with Crippen molar-refractivity contribution in [1.29, 1.82) is 0 Å². The second-order valence-electron chi connectivity index (χ2n) is 6.94. The molecule has 2 aliphatic rings. The van der Waals surface area contributed by atoms with E-state index in [0.29, 0.717) is 37.6 Å². The van der Waals surface area contributed by atoms with Gasteiger partial charge >= 0.3 is 0 Å². The first-order valence-electron chi connectivity index (χ1n) is 8.52. The molecule has 3 rings (SSSR count). The minimum Gasteiger partial charge on any atom is -0.447 e. The summed E-state index contributed by atoms with van der Waals surface area (Å²) in [5.41, 5.74) is 0.253. The molecule has 1 saturated heterocycles. The van der Waals surface area contributed by atoms with Crippen molar-refractivity contribution >= 4 is 5.91 Å². The third-order valence-corrected chi connectivity index (χ3v) is 5.41. The van der Waals surface area contributed by atoms with Gasteiger partial charge in [0, 0.05) is 37.5 Å². The van der Waals surface area contributed by atoms with E-state index in [1.807, 2.05) is 25.7 Å². The van der Waals surface area contributed by atoms with Gasteiger partial charge in [0.1, 0.15) is 5.76 Å². The van der Waals surface area contributed by atoms with E-state index in [4.69, 9.17) is 9.15 Å². The van der Waals surface area contributed by atoms with Gasteiger partial charge in [0.05, 0.1) is 12.2 Å². The fourth-order valence-electron chi connectivity index (χ4n) is 3.92. The summed E-state index contributed by atoms with van der Waals surface area (Å²) in [6.07, 6.45) is 3.42. The summed E-state index contributed by atoms with van der Waals surface area (Å²) >= 11 is 0. The molecule has 6 nitrogen and oxygen atoms in total. The van der Waals surface area contributed by atoms with Gasteiger partial charge in [-0.2, -0.15) is 0 Å². The van der Waals surface area contributed by atoms with Gasteiger partial charge in [0.2, 0.25) is 0 Å². The molecule has 1 aliphatic heterocycles. The van der Waals surface area contributed by atoms with Crippen molar-refractivity contribution in [2.75, 3.05) is 19.7 Å². The van der Waals surface area contributed by atoms with Gasteiger partial charge in [-0.25, -0.2) is 4.98 Å². The number of piperidine rings is 1. The number of nitrogens with zero attached hydrogens (tertiary/aromatic N) is 2. The number of hydrogen-bond donors (Lipinski definition) is 1. The number of carbonyl (C=O) groups excluding carboxylic acids is 1. The lowest BCUT2D eigenvalue weighted by Crippen LogP contribution is -2.62. The Morgan fingerprint density at radius 1 is 1.52 bits per heavy atom. The molecular weight excluding hydrogens is 296 g/mol. The van der Waals surface area contributed by atoms with E-state index < -0.39 is 0 Å². The molecule has 0 aromatic carbocycles. The van der Waals surface area contributed by atoms with Crippen molar-refractivity contribution in [1.82, 2.24) is 9.88 Å². The van der Waals surface area contributed by atoms with Crippen LogP contribution in [0.4, 0.5) is 0 Å². The maximum absolute atomic E-state index is 12.7. The van der Waals surface area contributed by atoms with Crippen molar-refractivity contribution in [2.45, 2.75) is 58.2 Å². The first kappa shape index (κ1) is 16.5. The molecule has 1 N–H and O–H groups in total. The Hall–Kier alpha value is -1.40. The highest BCUT2D eigenvalue weighted by Gasteiger charge is 2.56. The van der Waals surface area contributed by atoms with Crippen LogP contribution in [0.3, 0.4) is 0 Å². The number of carbonyl (C=O) groups is 1. The van der Waals surface area contributed by atoms with Crippen LogP contribution in [-0.4, -0.2) is 52.8 Å². The third-order valence-electron chi connectivity index (χ3n) is 5.41. The molecule has 128 valence electrons. The van der Waals surface area contributed by atoms with Crippen LogP contribution < -0.4 is 0 Å². The zero-order chi connectivity index (χ0) is 16.6. The van der Waals surface area contributed by atoms with Crippen LogP contribution in [-0.2, 0) is 4.74 Å². The predicted octanol–water partition coefficient (Wildman–Crippen LogP) is 2.19. The number of aromatic nitrogens is 1. The molecule has 2 atom stereocenters. The molecule has 0 unspecified atom stereocenters. The van der Waals surface area contributed by atoms with E-state index in [-0.39, 0.29) is 29.4 Å².